The Morgan fingerprint density at radius 1 is 1.40 bits per heavy atom. The normalized spacial score (nSPS) is 11.0. The fourth-order valence-electron chi connectivity index (χ4n) is 1.02. The van der Waals surface area contributed by atoms with E-state index in [1.807, 2.05) is 6.92 Å². The van der Waals surface area contributed by atoms with Gasteiger partial charge >= 0.3 is 0 Å². The highest BCUT2D eigenvalue weighted by Gasteiger charge is 2.08. The van der Waals surface area contributed by atoms with Crippen molar-refractivity contribution in [1.82, 2.24) is 9.97 Å². The fourth-order valence-corrected chi connectivity index (χ4v) is 2.52. The molecule has 0 amide bonds. The minimum Gasteiger partial charge on any atom is -0.395 e. The molecule has 0 fully saturated rings. The van der Waals surface area contributed by atoms with Crippen LogP contribution in [0.1, 0.15) is 26.0 Å². The summed E-state index contributed by atoms with van der Waals surface area (Å²) in [5.41, 5.74) is 7.26. The van der Waals surface area contributed by atoms with E-state index in [9.17, 15) is 0 Å². The van der Waals surface area contributed by atoms with Gasteiger partial charge in [0, 0.05) is 0 Å². The molecule has 1 rings (SSSR count). The van der Waals surface area contributed by atoms with Crippen molar-refractivity contribution in [1.29, 1.82) is 0 Å². The van der Waals surface area contributed by atoms with Crippen LogP contribution < -0.4 is 5.73 Å². The molecule has 0 aliphatic carbocycles. The molecule has 0 spiro atoms. The Hall–Kier alpha value is -0.480. The number of rotatable bonds is 4. The summed E-state index contributed by atoms with van der Waals surface area (Å²) >= 11 is 7.42. The van der Waals surface area contributed by atoms with E-state index in [4.69, 9.17) is 17.3 Å². The van der Waals surface area contributed by atoms with Crippen LogP contribution >= 0.6 is 23.4 Å². The molecular weight excluding hydrogens is 230 g/mol. The molecule has 1 heterocycles. The number of halogens is 1. The molecule has 1 aromatic rings. The molecule has 0 unspecified atom stereocenters. The minimum absolute atomic E-state index is 0.272. The van der Waals surface area contributed by atoms with Crippen molar-refractivity contribution in [3.63, 3.8) is 0 Å². The van der Waals surface area contributed by atoms with Gasteiger partial charge in [-0.15, -0.1) is 11.8 Å². The van der Waals surface area contributed by atoms with Gasteiger partial charge in [-0.2, -0.15) is 0 Å². The van der Waals surface area contributed by atoms with Crippen molar-refractivity contribution in [2.24, 2.45) is 5.92 Å². The number of nitrogen functional groups attached to an aromatic ring is 1. The van der Waals surface area contributed by atoms with Crippen LogP contribution in [0.15, 0.2) is 5.03 Å². The summed E-state index contributed by atoms with van der Waals surface area (Å²) in [6, 6.07) is 0. The maximum absolute atomic E-state index is 5.86. The Morgan fingerprint density at radius 2 is 2.07 bits per heavy atom. The SMILES string of the molecule is Cc1nc(Cl)nc(SCCC(C)C)c1N. The summed E-state index contributed by atoms with van der Waals surface area (Å²) in [5.74, 6) is 1.70. The molecule has 84 valence electrons. The predicted octanol–water partition coefficient (Wildman–Crippen LogP) is 3.16. The molecule has 0 atom stereocenters. The van der Waals surface area contributed by atoms with E-state index < -0.39 is 0 Å². The Labute approximate surface area is 99.8 Å². The second-order valence-electron chi connectivity index (χ2n) is 3.83. The number of aryl methyl sites for hydroxylation is 1. The molecule has 0 saturated carbocycles. The summed E-state index contributed by atoms with van der Waals surface area (Å²) in [4.78, 5) is 8.12. The van der Waals surface area contributed by atoms with Crippen molar-refractivity contribution in [2.45, 2.75) is 32.2 Å². The third-order valence-corrected chi connectivity index (χ3v) is 3.20. The zero-order valence-corrected chi connectivity index (χ0v) is 10.8. The molecule has 0 aromatic carbocycles. The number of thioether (sulfide) groups is 1. The van der Waals surface area contributed by atoms with Gasteiger partial charge in [0.05, 0.1) is 11.4 Å². The van der Waals surface area contributed by atoms with Gasteiger partial charge in [0.1, 0.15) is 5.03 Å². The minimum atomic E-state index is 0.272. The number of hydrogen-bond donors (Lipinski definition) is 1. The van der Waals surface area contributed by atoms with Gasteiger partial charge in [-0.05, 0) is 36.6 Å². The summed E-state index contributed by atoms with van der Waals surface area (Å²) in [6.45, 7) is 6.24. The van der Waals surface area contributed by atoms with E-state index in [0.29, 0.717) is 11.6 Å². The van der Waals surface area contributed by atoms with Crippen LogP contribution in [0.2, 0.25) is 5.28 Å². The van der Waals surface area contributed by atoms with E-state index in [1.54, 1.807) is 11.8 Å². The smallest absolute Gasteiger partial charge is 0.223 e. The fraction of sp³-hybridized carbons (Fsp3) is 0.600. The lowest BCUT2D eigenvalue weighted by atomic mass is 10.2. The summed E-state index contributed by atoms with van der Waals surface area (Å²) in [5, 5.41) is 1.07. The number of nitrogens with zero attached hydrogens (tertiary/aromatic N) is 2. The average Bonchev–Trinajstić information content (AvgIpc) is 2.12. The molecule has 0 radical (unpaired) electrons. The Morgan fingerprint density at radius 3 is 2.67 bits per heavy atom. The Bertz CT molecular complexity index is 342. The van der Waals surface area contributed by atoms with Crippen LogP contribution in [0.5, 0.6) is 0 Å². The Kier molecular flexibility index (Phi) is 4.67. The first kappa shape index (κ1) is 12.6. The van der Waals surface area contributed by atoms with E-state index in [2.05, 4.69) is 23.8 Å². The zero-order valence-electron chi connectivity index (χ0n) is 9.25. The standard InChI is InChI=1S/C10H16ClN3S/c1-6(2)4-5-15-9-8(12)7(3)13-10(11)14-9/h6H,4-5,12H2,1-3H3. The van der Waals surface area contributed by atoms with Crippen molar-refractivity contribution in [3.8, 4) is 0 Å². The highest BCUT2D eigenvalue weighted by atomic mass is 35.5. The van der Waals surface area contributed by atoms with Crippen molar-refractivity contribution < 1.29 is 0 Å². The van der Waals surface area contributed by atoms with Crippen LogP contribution in [-0.4, -0.2) is 15.7 Å². The van der Waals surface area contributed by atoms with E-state index >= 15 is 0 Å². The van der Waals surface area contributed by atoms with E-state index in [-0.39, 0.29) is 5.28 Å². The van der Waals surface area contributed by atoms with Gasteiger partial charge in [0.15, 0.2) is 0 Å². The monoisotopic (exact) mass is 245 g/mol. The van der Waals surface area contributed by atoms with Gasteiger partial charge in [-0.3, -0.25) is 0 Å². The lowest BCUT2D eigenvalue weighted by molar-refractivity contribution is 0.632. The number of hydrogen-bond acceptors (Lipinski definition) is 4. The van der Waals surface area contributed by atoms with Crippen LogP contribution in [-0.2, 0) is 0 Å². The molecule has 0 saturated heterocycles. The lowest BCUT2D eigenvalue weighted by Crippen LogP contribution is -2.00. The van der Waals surface area contributed by atoms with Gasteiger partial charge in [0.2, 0.25) is 5.28 Å². The first-order chi connectivity index (χ1) is 7.00. The predicted molar refractivity (Wildman–Crippen MR) is 66.4 cm³/mol. The summed E-state index contributed by atoms with van der Waals surface area (Å²) in [6.07, 6.45) is 1.14. The number of nitrogens with two attached hydrogens (primary N) is 1. The van der Waals surface area contributed by atoms with Crippen LogP contribution in [0.4, 0.5) is 5.69 Å². The largest absolute Gasteiger partial charge is 0.395 e. The van der Waals surface area contributed by atoms with Gasteiger partial charge in [-0.25, -0.2) is 9.97 Å². The molecule has 0 aliphatic heterocycles. The molecule has 0 aliphatic rings. The van der Waals surface area contributed by atoms with Crippen molar-refractivity contribution >= 4 is 29.1 Å². The first-order valence-corrected chi connectivity index (χ1v) is 6.29. The summed E-state index contributed by atoms with van der Waals surface area (Å²) < 4.78 is 0. The molecule has 15 heavy (non-hydrogen) atoms. The average molecular weight is 246 g/mol. The zero-order chi connectivity index (χ0) is 11.4. The molecular formula is C10H16ClN3S. The Balaban J connectivity index is 2.68. The highest BCUT2D eigenvalue weighted by Crippen LogP contribution is 2.27. The van der Waals surface area contributed by atoms with Crippen molar-refractivity contribution in [2.75, 3.05) is 11.5 Å². The van der Waals surface area contributed by atoms with Crippen LogP contribution in [0, 0.1) is 12.8 Å². The number of anilines is 1. The highest BCUT2D eigenvalue weighted by molar-refractivity contribution is 7.99. The second-order valence-corrected chi connectivity index (χ2v) is 5.25. The number of aromatic nitrogens is 2. The maximum Gasteiger partial charge on any atom is 0.223 e. The van der Waals surface area contributed by atoms with Gasteiger partial charge < -0.3 is 5.73 Å². The van der Waals surface area contributed by atoms with Gasteiger partial charge in [-0.1, -0.05) is 13.8 Å². The second kappa shape index (κ2) is 5.56. The lowest BCUT2D eigenvalue weighted by Gasteiger charge is -2.08. The third kappa shape index (κ3) is 3.87. The van der Waals surface area contributed by atoms with E-state index in [0.717, 1.165) is 22.9 Å². The van der Waals surface area contributed by atoms with Gasteiger partial charge in [0.25, 0.3) is 0 Å². The molecule has 2 N–H and O–H groups in total. The quantitative estimate of drug-likeness (QED) is 0.503. The van der Waals surface area contributed by atoms with Crippen LogP contribution in [0.3, 0.4) is 0 Å². The van der Waals surface area contributed by atoms with Crippen LogP contribution in [0.25, 0.3) is 0 Å². The summed E-state index contributed by atoms with van der Waals surface area (Å²) in [7, 11) is 0. The van der Waals surface area contributed by atoms with E-state index in [1.165, 1.54) is 0 Å². The molecule has 0 bridgehead atoms. The molecule has 1 aromatic heterocycles. The maximum atomic E-state index is 5.86. The topological polar surface area (TPSA) is 51.8 Å². The van der Waals surface area contributed by atoms with Crippen molar-refractivity contribution in [3.05, 3.63) is 11.0 Å². The third-order valence-electron chi connectivity index (χ3n) is 2.01. The first-order valence-electron chi connectivity index (χ1n) is 4.93. The molecule has 3 nitrogen and oxygen atoms in total. The molecule has 5 heteroatoms.